The molecule has 0 aliphatic carbocycles. The summed E-state index contributed by atoms with van der Waals surface area (Å²) < 4.78 is 34.8. The number of carbonyl (C=O) groups excluding carboxylic acids is 1. The Balaban J connectivity index is 1.52. The van der Waals surface area contributed by atoms with Crippen LogP contribution in [0.1, 0.15) is 58.1 Å². The fourth-order valence-electron chi connectivity index (χ4n) is 6.48. The first-order valence-electron chi connectivity index (χ1n) is 17.5. The Morgan fingerprint density at radius 3 is 2.10 bits per heavy atom. The van der Waals surface area contributed by atoms with Gasteiger partial charge in [-0.15, -0.1) is 0 Å². The monoisotopic (exact) mass is 732 g/mol. The van der Waals surface area contributed by atoms with Gasteiger partial charge in [0.1, 0.15) is 24.9 Å². The third-order valence-electron chi connectivity index (χ3n) is 9.15. The quantitative estimate of drug-likeness (QED) is 0.0746. The van der Waals surface area contributed by atoms with Crippen molar-refractivity contribution in [3.8, 4) is 11.1 Å². The lowest BCUT2D eigenvalue weighted by Gasteiger charge is -2.39. The van der Waals surface area contributed by atoms with E-state index < -0.39 is 27.6 Å². The highest BCUT2D eigenvalue weighted by Crippen LogP contribution is 2.44. The van der Waals surface area contributed by atoms with Crippen molar-refractivity contribution in [3.05, 3.63) is 41.2 Å². The number of fused-ring (bicyclic) bond motifs is 3. The van der Waals surface area contributed by atoms with Crippen LogP contribution in [-0.4, -0.2) is 91.1 Å². The number of ether oxygens (including phenoxy) is 3. The molecule has 49 heavy (non-hydrogen) atoms. The van der Waals surface area contributed by atoms with Gasteiger partial charge in [0.25, 0.3) is 0 Å². The number of amides is 1. The van der Waals surface area contributed by atoms with Crippen LogP contribution in [0.4, 0.5) is 15.0 Å². The summed E-state index contributed by atoms with van der Waals surface area (Å²) in [6.07, 6.45) is 6.43. The Hall–Kier alpha value is -2.59. The molecule has 2 saturated heterocycles. The van der Waals surface area contributed by atoms with Crippen molar-refractivity contribution >= 4 is 45.3 Å². The van der Waals surface area contributed by atoms with Crippen LogP contribution >= 0.6 is 11.6 Å². The van der Waals surface area contributed by atoms with Crippen LogP contribution < -0.4 is 4.90 Å². The van der Waals surface area contributed by atoms with E-state index in [0.29, 0.717) is 43.4 Å². The first-order valence-corrected chi connectivity index (χ1v) is 25.3. The van der Waals surface area contributed by atoms with Crippen molar-refractivity contribution in [3.63, 3.8) is 0 Å². The standard InChI is InChI=1S/C35H54ClFN6O4Si2/c1-35(2,3)47-34(44)42-26-10-11-27(42)17-24(16-26)30-19-31(41(22-45-12-14-48(4,5)6)23-46-13-15-49(7,8)9)43-33(40-30)28(21-39-43)25-18-29(37)32(36)38-20-25/h18-21,24,26-27H,10-17,22-23H2,1-9H3/t24-,26+,27-. The number of nitrogens with zero attached hydrogens (tertiary/aromatic N) is 6. The highest BCUT2D eigenvalue weighted by atomic mass is 35.5. The summed E-state index contributed by atoms with van der Waals surface area (Å²) in [5.41, 5.74) is 2.13. The Morgan fingerprint density at radius 2 is 1.57 bits per heavy atom. The molecule has 14 heteroatoms. The van der Waals surface area contributed by atoms with Crippen LogP contribution in [0.25, 0.3) is 16.8 Å². The molecule has 2 bridgehead atoms. The molecule has 3 aromatic rings. The number of hydrogen-bond acceptors (Lipinski definition) is 8. The lowest BCUT2D eigenvalue weighted by molar-refractivity contribution is 0.00569. The van der Waals surface area contributed by atoms with Crippen LogP contribution in [0.3, 0.4) is 0 Å². The molecule has 2 aliphatic rings. The molecule has 0 saturated carbocycles. The molecule has 2 aliphatic heterocycles. The molecule has 0 spiro atoms. The predicted octanol–water partition coefficient (Wildman–Crippen LogP) is 8.66. The minimum absolute atomic E-state index is 0.0740. The maximum Gasteiger partial charge on any atom is 0.410 e. The van der Waals surface area contributed by atoms with Crippen LogP contribution in [0, 0.1) is 5.82 Å². The average Bonchev–Trinajstić information content (AvgIpc) is 3.53. The number of pyridine rings is 1. The molecular formula is C35H54ClFN6O4Si2. The fourth-order valence-corrected chi connectivity index (χ4v) is 8.10. The topological polar surface area (TPSA) is 94.3 Å². The van der Waals surface area contributed by atoms with Crippen LogP contribution in [-0.2, 0) is 14.2 Å². The van der Waals surface area contributed by atoms with E-state index in [2.05, 4.69) is 55.2 Å². The molecule has 270 valence electrons. The number of carbonyl (C=O) groups is 1. The maximum atomic E-state index is 14.6. The van der Waals surface area contributed by atoms with E-state index in [1.807, 2.05) is 25.7 Å². The second kappa shape index (κ2) is 14.9. The molecule has 10 nitrogen and oxygen atoms in total. The largest absolute Gasteiger partial charge is 0.444 e. The number of rotatable bonds is 13. The lowest BCUT2D eigenvalue weighted by Crippen LogP contribution is -2.48. The Labute approximate surface area is 297 Å². The highest BCUT2D eigenvalue weighted by Gasteiger charge is 2.45. The second-order valence-corrected chi connectivity index (χ2v) is 28.6. The van der Waals surface area contributed by atoms with Gasteiger partial charge in [0.05, 0.1) is 6.20 Å². The van der Waals surface area contributed by atoms with Gasteiger partial charge in [-0.05, 0) is 64.6 Å². The van der Waals surface area contributed by atoms with Crippen molar-refractivity contribution in [2.24, 2.45) is 0 Å². The van der Waals surface area contributed by atoms with E-state index in [4.69, 9.17) is 35.9 Å². The van der Waals surface area contributed by atoms with Crippen molar-refractivity contribution < 1.29 is 23.4 Å². The van der Waals surface area contributed by atoms with Crippen molar-refractivity contribution in [2.45, 2.75) is 121 Å². The van der Waals surface area contributed by atoms with Crippen molar-refractivity contribution in [2.75, 3.05) is 31.6 Å². The molecule has 0 N–H and O–H groups in total. The van der Waals surface area contributed by atoms with E-state index >= 15 is 0 Å². The Bertz CT molecular complexity index is 1590. The summed E-state index contributed by atoms with van der Waals surface area (Å²) in [5, 5.41) is 4.58. The third-order valence-corrected chi connectivity index (χ3v) is 12.8. The molecule has 5 rings (SSSR count). The first-order chi connectivity index (χ1) is 22.9. The third kappa shape index (κ3) is 9.81. The number of hydrogen-bond donors (Lipinski definition) is 0. The maximum absolute atomic E-state index is 14.6. The summed E-state index contributed by atoms with van der Waals surface area (Å²) in [6.45, 7) is 21.7. The smallest absolute Gasteiger partial charge is 0.410 e. The van der Waals surface area contributed by atoms with E-state index in [-0.39, 0.29) is 29.2 Å². The number of anilines is 1. The Morgan fingerprint density at radius 1 is 0.980 bits per heavy atom. The zero-order valence-electron chi connectivity index (χ0n) is 30.7. The van der Waals surface area contributed by atoms with Gasteiger partial charge in [-0.1, -0.05) is 50.9 Å². The minimum Gasteiger partial charge on any atom is -0.444 e. The van der Waals surface area contributed by atoms with Gasteiger partial charge >= 0.3 is 6.09 Å². The summed E-state index contributed by atoms with van der Waals surface area (Å²) in [5.74, 6) is 0.288. The van der Waals surface area contributed by atoms with Crippen molar-refractivity contribution in [1.29, 1.82) is 0 Å². The minimum atomic E-state index is -1.29. The lowest BCUT2D eigenvalue weighted by atomic mass is 9.88. The zero-order valence-corrected chi connectivity index (χ0v) is 33.4. The molecule has 2 fully saturated rings. The number of aromatic nitrogens is 4. The summed E-state index contributed by atoms with van der Waals surface area (Å²) in [4.78, 5) is 26.5. The number of piperidine rings is 1. The number of halogens is 2. The van der Waals surface area contributed by atoms with Crippen LogP contribution in [0.15, 0.2) is 24.5 Å². The summed E-state index contributed by atoms with van der Waals surface area (Å²) in [6, 6.07) is 5.72. The zero-order chi connectivity index (χ0) is 35.7. The van der Waals surface area contributed by atoms with Gasteiger partial charge in [0.15, 0.2) is 16.6 Å². The van der Waals surface area contributed by atoms with E-state index in [9.17, 15) is 9.18 Å². The van der Waals surface area contributed by atoms with Gasteiger partial charge in [-0.25, -0.2) is 19.2 Å². The average molecular weight is 733 g/mol. The Kier molecular flexibility index (Phi) is 11.5. The van der Waals surface area contributed by atoms with Gasteiger partial charge in [0, 0.05) is 76.4 Å². The molecule has 5 heterocycles. The van der Waals surface area contributed by atoms with Crippen LogP contribution in [0.5, 0.6) is 0 Å². The van der Waals surface area contributed by atoms with Gasteiger partial charge < -0.3 is 24.0 Å². The van der Waals surface area contributed by atoms with E-state index in [1.165, 1.54) is 6.07 Å². The molecule has 3 aromatic heterocycles. The predicted molar refractivity (Wildman–Crippen MR) is 198 cm³/mol. The molecule has 1 amide bonds. The second-order valence-electron chi connectivity index (χ2n) is 17.0. The SMILES string of the molecule is CC(C)(C)OC(=O)N1[C@@H]2CC[C@H]1C[C@@H](c1cc(N(COCC[Si](C)(C)C)COCC[Si](C)(C)C)n3ncc(-c4cnc(Cl)c(F)c4)c3n1)C2. The van der Waals surface area contributed by atoms with E-state index in [0.717, 1.165) is 49.3 Å². The normalized spacial score (nSPS) is 19.9. The van der Waals surface area contributed by atoms with Gasteiger partial charge in [-0.3, -0.25) is 0 Å². The van der Waals surface area contributed by atoms with Crippen molar-refractivity contribution in [1.82, 2.24) is 24.5 Å². The first kappa shape index (κ1) is 37.7. The fraction of sp³-hybridized carbons (Fsp3) is 0.657. The van der Waals surface area contributed by atoms with E-state index in [1.54, 1.807) is 16.9 Å². The summed E-state index contributed by atoms with van der Waals surface area (Å²) >= 11 is 5.94. The summed E-state index contributed by atoms with van der Waals surface area (Å²) in [7, 11) is -2.59. The molecule has 3 atom stereocenters. The highest BCUT2D eigenvalue weighted by molar-refractivity contribution is 6.76. The molecule has 0 unspecified atom stereocenters. The van der Waals surface area contributed by atoms with Crippen LogP contribution in [0.2, 0.25) is 56.5 Å². The molecule has 0 radical (unpaired) electrons. The van der Waals surface area contributed by atoms with Gasteiger partial charge in [-0.2, -0.15) is 9.61 Å². The molecule has 0 aromatic carbocycles. The van der Waals surface area contributed by atoms with Gasteiger partial charge in [0.2, 0.25) is 0 Å². The molecular weight excluding hydrogens is 679 g/mol.